The molecule has 0 aromatic heterocycles. The summed E-state index contributed by atoms with van der Waals surface area (Å²) in [5, 5.41) is 13.0. The van der Waals surface area contributed by atoms with Gasteiger partial charge in [-0.25, -0.2) is 4.39 Å². The molecule has 3 rings (SSSR count). The molecule has 1 heterocycles. The van der Waals surface area contributed by atoms with Crippen LogP contribution < -0.4 is 10.2 Å². The molecular weight excluding hydrogens is 416 g/mol. The van der Waals surface area contributed by atoms with E-state index in [1.54, 1.807) is 0 Å². The molecule has 0 saturated carbocycles. The standard InChI is InChI=1S/C19H15ClF4N2O3/c20-13-6-11(7-14(21)9-13)10-25-16(27)18(29)4-5-26(17(18)28)15-3-1-2-12(8-15)19(22,23)24/h1-3,6-9,29H,4-5,10H2,(H,25,27)/t18-/m1/s1. The summed E-state index contributed by atoms with van der Waals surface area (Å²) in [5.74, 6) is -2.68. The molecule has 10 heteroatoms. The predicted octanol–water partition coefficient (Wildman–Crippen LogP) is 3.28. The Morgan fingerprint density at radius 2 is 1.97 bits per heavy atom. The van der Waals surface area contributed by atoms with E-state index in [1.807, 2.05) is 0 Å². The second-order valence-electron chi connectivity index (χ2n) is 6.58. The van der Waals surface area contributed by atoms with E-state index in [4.69, 9.17) is 11.6 Å². The van der Waals surface area contributed by atoms with Crippen LogP contribution >= 0.6 is 11.6 Å². The average molecular weight is 431 g/mol. The van der Waals surface area contributed by atoms with E-state index in [9.17, 15) is 32.3 Å². The van der Waals surface area contributed by atoms with Crippen LogP contribution in [-0.4, -0.2) is 29.1 Å². The summed E-state index contributed by atoms with van der Waals surface area (Å²) < 4.78 is 52.1. The summed E-state index contributed by atoms with van der Waals surface area (Å²) in [6.07, 6.45) is -4.91. The maximum absolute atomic E-state index is 13.4. The number of alkyl halides is 3. The number of nitrogens with zero attached hydrogens (tertiary/aromatic N) is 1. The topological polar surface area (TPSA) is 69.6 Å². The van der Waals surface area contributed by atoms with E-state index in [0.717, 1.165) is 35.2 Å². The summed E-state index contributed by atoms with van der Waals surface area (Å²) in [7, 11) is 0. The van der Waals surface area contributed by atoms with E-state index in [0.29, 0.717) is 5.56 Å². The van der Waals surface area contributed by atoms with Crippen molar-refractivity contribution in [2.24, 2.45) is 0 Å². The maximum Gasteiger partial charge on any atom is 0.416 e. The Hall–Kier alpha value is -2.65. The van der Waals surface area contributed by atoms with Gasteiger partial charge in [0.15, 0.2) is 0 Å². The molecule has 1 atom stereocenters. The minimum absolute atomic E-state index is 0.0783. The van der Waals surface area contributed by atoms with Gasteiger partial charge in [0, 0.05) is 30.2 Å². The Kier molecular flexibility index (Phi) is 5.55. The first-order valence-corrected chi connectivity index (χ1v) is 8.83. The molecule has 0 unspecified atom stereocenters. The minimum Gasteiger partial charge on any atom is -0.372 e. The molecule has 1 fully saturated rings. The van der Waals surface area contributed by atoms with Crippen LogP contribution in [0.2, 0.25) is 5.02 Å². The van der Waals surface area contributed by atoms with Gasteiger partial charge in [0.2, 0.25) is 5.60 Å². The van der Waals surface area contributed by atoms with Crippen molar-refractivity contribution in [1.29, 1.82) is 0 Å². The Morgan fingerprint density at radius 1 is 1.24 bits per heavy atom. The molecule has 154 valence electrons. The first-order valence-electron chi connectivity index (χ1n) is 8.45. The summed E-state index contributed by atoms with van der Waals surface area (Å²) in [5.41, 5.74) is -3.16. The number of hydrogen-bond acceptors (Lipinski definition) is 3. The smallest absolute Gasteiger partial charge is 0.372 e. The number of aliphatic hydroxyl groups is 1. The highest BCUT2D eigenvalue weighted by molar-refractivity contribution is 6.30. The second-order valence-corrected chi connectivity index (χ2v) is 7.01. The number of hydrogen-bond donors (Lipinski definition) is 2. The number of nitrogens with one attached hydrogen (secondary N) is 1. The Bertz CT molecular complexity index is 946. The van der Waals surface area contributed by atoms with Gasteiger partial charge in [-0.3, -0.25) is 9.59 Å². The largest absolute Gasteiger partial charge is 0.416 e. The van der Waals surface area contributed by atoms with Gasteiger partial charge in [0.05, 0.1) is 5.56 Å². The lowest BCUT2D eigenvalue weighted by molar-refractivity contribution is -0.149. The fraction of sp³-hybridized carbons (Fsp3) is 0.263. The molecule has 2 amide bonds. The lowest BCUT2D eigenvalue weighted by Gasteiger charge is -2.22. The van der Waals surface area contributed by atoms with Gasteiger partial charge in [0.1, 0.15) is 5.82 Å². The van der Waals surface area contributed by atoms with Crippen molar-refractivity contribution in [1.82, 2.24) is 5.32 Å². The summed E-state index contributed by atoms with van der Waals surface area (Å²) in [6, 6.07) is 7.65. The highest BCUT2D eigenvalue weighted by Gasteiger charge is 2.51. The van der Waals surface area contributed by atoms with Crippen molar-refractivity contribution in [3.8, 4) is 0 Å². The Labute approximate surface area is 167 Å². The zero-order chi connectivity index (χ0) is 21.4. The van der Waals surface area contributed by atoms with Crippen LogP contribution in [0.5, 0.6) is 0 Å². The molecule has 1 saturated heterocycles. The number of halogens is 5. The number of carbonyl (C=O) groups excluding carboxylic acids is 2. The maximum atomic E-state index is 13.4. The van der Waals surface area contributed by atoms with E-state index in [2.05, 4.69) is 5.32 Å². The van der Waals surface area contributed by atoms with Gasteiger partial charge in [-0.15, -0.1) is 0 Å². The number of rotatable bonds is 4. The fourth-order valence-corrected chi connectivity index (χ4v) is 3.30. The van der Waals surface area contributed by atoms with E-state index >= 15 is 0 Å². The van der Waals surface area contributed by atoms with Gasteiger partial charge in [0.25, 0.3) is 11.8 Å². The van der Waals surface area contributed by atoms with E-state index in [-0.39, 0.29) is 30.2 Å². The molecule has 2 N–H and O–H groups in total. The average Bonchev–Trinajstić information content (AvgIpc) is 2.94. The first kappa shape index (κ1) is 21.1. The quantitative estimate of drug-likeness (QED) is 0.578. The van der Waals surface area contributed by atoms with Crippen molar-refractivity contribution in [2.75, 3.05) is 11.4 Å². The fourth-order valence-electron chi connectivity index (χ4n) is 3.05. The molecule has 0 aliphatic carbocycles. The number of carbonyl (C=O) groups is 2. The van der Waals surface area contributed by atoms with Gasteiger partial charge < -0.3 is 15.3 Å². The molecule has 0 radical (unpaired) electrons. The van der Waals surface area contributed by atoms with Crippen LogP contribution in [0.3, 0.4) is 0 Å². The molecule has 0 spiro atoms. The third-order valence-electron chi connectivity index (χ3n) is 4.53. The SMILES string of the molecule is O=C(NCc1cc(F)cc(Cl)c1)[C@]1(O)CCN(c2cccc(C(F)(F)F)c2)C1=O. The van der Waals surface area contributed by atoms with Crippen LogP contribution in [0.4, 0.5) is 23.2 Å². The molecule has 1 aliphatic rings. The number of amides is 2. The van der Waals surface area contributed by atoms with Crippen LogP contribution in [0.25, 0.3) is 0 Å². The van der Waals surface area contributed by atoms with Gasteiger partial charge in [-0.1, -0.05) is 17.7 Å². The number of anilines is 1. The molecule has 1 aliphatic heterocycles. The first-order chi connectivity index (χ1) is 13.5. The van der Waals surface area contributed by atoms with Crippen molar-refractivity contribution >= 4 is 29.1 Å². The van der Waals surface area contributed by atoms with Crippen molar-refractivity contribution < 1.29 is 32.3 Å². The van der Waals surface area contributed by atoms with Gasteiger partial charge >= 0.3 is 6.18 Å². The van der Waals surface area contributed by atoms with Crippen molar-refractivity contribution in [3.05, 3.63) is 64.4 Å². The minimum atomic E-state index is -4.60. The summed E-state index contributed by atoms with van der Waals surface area (Å²) in [6.45, 7) is -0.342. The highest BCUT2D eigenvalue weighted by atomic mass is 35.5. The zero-order valence-electron chi connectivity index (χ0n) is 14.8. The lowest BCUT2D eigenvalue weighted by atomic mass is 10.0. The third-order valence-corrected chi connectivity index (χ3v) is 4.75. The highest BCUT2D eigenvalue weighted by Crippen LogP contribution is 2.34. The van der Waals surface area contributed by atoms with Crippen LogP contribution in [-0.2, 0) is 22.3 Å². The van der Waals surface area contributed by atoms with Crippen LogP contribution in [0.1, 0.15) is 17.5 Å². The van der Waals surface area contributed by atoms with Crippen molar-refractivity contribution in [2.45, 2.75) is 24.7 Å². The molecule has 2 aromatic rings. The Morgan fingerprint density at radius 3 is 2.62 bits per heavy atom. The normalized spacial score (nSPS) is 19.5. The monoisotopic (exact) mass is 430 g/mol. The molecule has 5 nitrogen and oxygen atoms in total. The summed E-state index contributed by atoms with van der Waals surface area (Å²) in [4.78, 5) is 25.9. The summed E-state index contributed by atoms with van der Waals surface area (Å²) >= 11 is 5.73. The molecule has 2 aromatic carbocycles. The molecule has 29 heavy (non-hydrogen) atoms. The van der Waals surface area contributed by atoms with Gasteiger partial charge in [-0.2, -0.15) is 13.2 Å². The van der Waals surface area contributed by atoms with Crippen LogP contribution in [0.15, 0.2) is 42.5 Å². The number of benzene rings is 2. The predicted molar refractivity (Wildman–Crippen MR) is 96.6 cm³/mol. The molecule has 0 bridgehead atoms. The zero-order valence-corrected chi connectivity index (χ0v) is 15.5. The van der Waals surface area contributed by atoms with Crippen molar-refractivity contribution in [3.63, 3.8) is 0 Å². The third kappa shape index (κ3) is 4.35. The van der Waals surface area contributed by atoms with Gasteiger partial charge in [-0.05, 0) is 42.0 Å². The molecular formula is C19H15ClF4N2O3. The van der Waals surface area contributed by atoms with E-state index < -0.39 is 35.0 Å². The lowest BCUT2D eigenvalue weighted by Crippen LogP contribution is -2.52. The Balaban J connectivity index is 1.74. The van der Waals surface area contributed by atoms with Crippen LogP contribution in [0, 0.1) is 5.82 Å². The van der Waals surface area contributed by atoms with E-state index in [1.165, 1.54) is 12.1 Å². The second kappa shape index (κ2) is 7.64.